The van der Waals surface area contributed by atoms with Crippen molar-refractivity contribution in [3.05, 3.63) is 17.8 Å². The van der Waals surface area contributed by atoms with Crippen LogP contribution in [-0.4, -0.2) is 22.9 Å². The van der Waals surface area contributed by atoms with Crippen molar-refractivity contribution in [3.8, 4) is 0 Å². The van der Waals surface area contributed by atoms with Crippen LogP contribution in [-0.2, 0) is 4.74 Å². The zero-order chi connectivity index (χ0) is 8.27. The van der Waals surface area contributed by atoms with Crippen LogP contribution in [0.1, 0.15) is 16.4 Å². The quantitative estimate of drug-likeness (QED) is 0.486. The van der Waals surface area contributed by atoms with Gasteiger partial charge in [-0.3, -0.25) is 0 Å². The Balaban J connectivity index is 2.69. The molecule has 11 heavy (non-hydrogen) atoms. The predicted octanol–water partition coefficient (Wildman–Crippen LogP) is 0.0896. The number of carbonyl (C=O) groups is 1. The van der Waals surface area contributed by atoms with Crippen LogP contribution in [0.3, 0.4) is 0 Å². The summed E-state index contributed by atoms with van der Waals surface area (Å²) in [7, 11) is 0. The minimum atomic E-state index is -0.690. The molecule has 0 saturated carbocycles. The van der Waals surface area contributed by atoms with Gasteiger partial charge in [-0.25, -0.2) is 9.78 Å². The van der Waals surface area contributed by atoms with Crippen molar-refractivity contribution in [3.63, 3.8) is 0 Å². The zero-order valence-corrected chi connectivity index (χ0v) is 5.90. The largest absolute Gasteiger partial charge is 0.448 e. The molecule has 0 bridgehead atoms. The summed E-state index contributed by atoms with van der Waals surface area (Å²) in [5.74, 6) is -0.306. The lowest BCUT2D eigenvalue weighted by atomic mass is 10.5. The van der Waals surface area contributed by atoms with Crippen molar-refractivity contribution in [2.24, 2.45) is 0 Å². The lowest BCUT2D eigenvalue weighted by Crippen LogP contribution is -2.05. The van der Waals surface area contributed by atoms with Crippen LogP contribution in [0.15, 0.2) is 10.7 Å². The molecule has 0 aliphatic heterocycles. The van der Waals surface area contributed by atoms with Gasteiger partial charge in [-0.2, -0.15) is 0 Å². The van der Waals surface area contributed by atoms with Crippen molar-refractivity contribution in [2.45, 2.75) is 6.92 Å². The maximum absolute atomic E-state index is 10.8. The second kappa shape index (κ2) is 3.16. The summed E-state index contributed by atoms with van der Waals surface area (Å²) in [6.07, 6.45) is 1.17. The van der Waals surface area contributed by atoms with Crippen molar-refractivity contribution in [2.75, 3.05) is 6.79 Å². The Morgan fingerprint density at radius 3 is 3.09 bits per heavy atom. The molecule has 0 aliphatic rings. The molecule has 0 spiro atoms. The van der Waals surface area contributed by atoms with Gasteiger partial charge in [0.15, 0.2) is 18.4 Å². The normalized spacial score (nSPS) is 9.64. The number of nitrogens with zero attached hydrogens (tertiary/aromatic N) is 1. The minimum Gasteiger partial charge on any atom is -0.448 e. The zero-order valence-electron chi connectivity index (χ0n) is 5.90. The van der Waals surface area contributed by atoms with Gasteiger partial charge in [-0.1, -0.05) is 0 Å². The van der Waals surface area contributed by atoms with E-state index in [1.807, 2.05) is 0 Å². The molecular weight excluding hydrogens is 150 g/mol. The van der Waals surface area contributed by atoms with Crippen molar-refractivity contribution in [1.82, 2.24) is 4.98 Å². The number of aliphatic hydroxyl groups excluding tert-OH is 1. The van der Waals surface area contributed by atoms with Gasteiger partial charge in [-0.15, -0.1) is 0 Å². The van der Waals surface area contributed by atoms with E-state index in [0.717, 1.165) is 0 Å². The summed E-state index contributed by atoms with van der Waals surface area (Å²) in [4.78, 5) is 14.4. The molecule has 5 nitrogen and oxygen atoms in total. The van der Waals surface area contributed by atoms with E-state index in [-0.39, 0.29) is 5.69 Å². The number of rotatable bonds is 2. The summed E-state index contributed by atoms with van der Waals surface area (Å²) < 4.78 is 8.97. The van der Waals surface area contributed by atoms with Crippen molar-refractivity contribution in [1.29, 1.82) is 0 Å². The number of hydrogen-bond donors (Lipinski definition) is 1. The molecule has 1 aromatic rings. The summed E-state index contributed by atoms with van der Waals surface area (Å²) in [5, 5.41) is 8.20. The molecule has 5 heteroatoms. The maximum Gasteiger partial charge on any atom is 0.362 e. The molecule has 60 valence electrons. The van der Waals surface area contributed by atoms with Crippen LogP contribution in [0.2, 0.25) is 0 Å². The number of ether oxygens (including phenoxy) is 1. The Morgan fingerprint density at radius 1 is 1.91 bits per heavy atom. The molecule has 0 fully saturated rings. The SMILES string of the molecule is Cc1nc(C(=O)OCO)co1. The van der Waals surface area contributed by atoms with Gasteiger partial charge in [0.25, 0.3) is 0 Å². The fourth-order valence-corrected chi connectivity index (χ4v) is 0.590. The molecule has 0 atom stereocenters. The number of aromatic nitrogens is 1. The van der Waals surface area contributed by atoms with Crippen LogP contribution in [0.25, 0.3) is 0 Å². The highest BCUT2D eigenvalue weighted by Gasteiger charge is 2.10. The van der Waals surface area contributed by atoms with Gasteiger partial charge in [0, 0.05) is 6.92 Å². The lowest BCUT2D eigenvalue weighted by Gasteiger charge is -1.93. The van der Waals surface area contributed by atoms with Gasteiger partial charge in [0.2, 0.25) is 0 Å². The third-order valence-electron chi connectivity index (χ3n) is 1.02. The van der Waals surface area contributed by atoms with Crippen molar-refractivity contribution >= 4 is 5.97 Å². The predicted molar refractivity (Wildman–Crippen MR) is 33.7 cm³/mol. The van der Waals surface area contributed by atoms with E-state index < -0.39 is 12.8 Å². The minimum absolute atomic E-state index is 0.0663. The van der Waals surface area contributed by atoms with Crippen LogP contribution in [0.5, 0.6) is 0 Å². The Hall–Kier alpha value is -1.36. The molecule has 1 heterocycles. The summed E-state index contributed by atoms with van der Waals surface area (Å²) >= 11 is 0. The number of carbonyl (C=O) groups excluding carboxylic acids is 1. The van der Waals surface area contributed by atoms with Gasteiger partial charge < -0.3 is 14.3 Å². The van der Waals surface area contributed by atoms with E-state index in [1.54, 1.807) is 6.92 Å². The van der Waals surface area contributed by atoms with Crippen molar-refractivity contribution < 1.29 is 19.1 Å². The first-order valence-corrected chi connectivity index (χ1v) is 2.94. The Labute approximate surface area is 62.6 Å². The monoisotopic (exact) mass is 157 g/mol. The number of aliphatic hydroxyl groups is 1. The molecule has 1 aromatic heterocycles. The van der Waals surface area contributed by atoms with Crippen LogP contribution in [0, 0.1) is 6.92 Å². The second-order valence-corrected chi connectivity index (χ2v) is 1.81. The number of hydrogen-bond acceptors (Lipinski definition) is 5. The van der Waals surface area contributed by atoms with Crippen LogP contribution in [0.4, 0.5) is 0 Å². The molecule has 0 unspecified atom stereocenters. The summed E-state index contributed by atoms with van der Waals surface area (Å²) in [6.45, 7) is 0.959. The van der Waals surface area contributed by atoms with E-state index in [4.69, 9.17) is 9.52 Å². The van der Waals surface area contributed by atoms with Gasteiger partial charge in [-0.05, 0) is 0 Å². The van der Waals surface area contributed by atoms with Crippen LogP contribution >= 0.6 is 0 Å². The highest BCUT2D eigenvalue weighted by atomic mass is 16.6. The van der Waals surface area contributed by atoms with E-state index in [2.05, 4.69) is 9.72 Å². The van der Waals surface area contributed by atoms with Crippen LogP contribution < -0.4 is 0 Å². The first-order valence-electron chi connectivity index (χ1n) is 2.94. The topological polar surface area (TPSA) is 72.6 Å². The molecule has 0 aromatic carbocycles. The summed E-state index contributed by atoms with van der Waals surface area (Å²) in [5.41, 5.74) is 0.0663. The number of aryl methyl sites for hydroxylation is 1. The first-order chi connectivity index (χ1) is 5.24. The van der Waals surface area contributed by atoms with E-state index in [1.165, 1.54) is 6.26 Å². The first kappa shape index (κ1) is 7.74. The average Bonchev–Trinajstić information content (AvgIpc) is 2.36. The fraction of sp³-hybridized carbons (Fsp3) is 0.333. The third kappa shape index (κ3) is 1.78. The Morgan fingerprint density at radius 2 is 2.64 bits per heavy atom. The molecule has 1 N–H and O–H groups in total. The molecule has 0 saturated heterocycles. The Kier molecular flexibility index (Phi) is 2.22. The third-order valence-corrected chi connectivity index (χ3v) is 1.02. The highest BCUT2D eigenvalue weighted by Crippen LogP contribution is 2.01. The smallest absolute Gasteiger partial charge is 0.362 e. The van der Waals surface area contributed by atoms with E-state index in [0.29, 0.717) is 5.89 Å². The highest BCUT2D eigenvalue weighted by molar-refractivity contribution is 5.86. The standard InChI is InChI=1S/C6H7NO4/c1-4-7-5(2-10-4)6(9)11-3-8/h2,8H,3H2,1H3. The molecule has 0 radical (unpaired) electrons. The number of esters is 1. The lowest BCUT2D eigenvalue weighted by molar-refractivity contribution is 0.00623. The van der Waals surface area contributed by atoms with Gasteiger partial charge >= 0.3 is 5.97 Å². The molecular formula is C6H7NO4. The molecule has 0 amide bonds. The maximum atomic E-state index is 10.8. The van der Waals surface area contributed by atoms with Gasteiger partial charge in [0.1, 0.15) is 6.26 Å². The van der Waals surface area contributed by atoms with E-state index in [9.17, 15) is 4.79 Å². The molecule has 0 aliphatic carbocycles. The summed E-state index contributed by atoms with van der Waals surface area (Å²) in [6, 6.07) is 0. The average molecular weight is 157 g/mol. The second-order valence-electron chi connectivity index (χ2n) is 1.81. The van der Waals surface area contributed by atoms with Gasteiger partial charge in [0.05, 0.1) is 0 Å². The van der Waals surface area contributed by atoms with E-state index >= 15 is 0 Å². The Bertz CT molecular complexity index is 255. The number of oxazole rings is 1. The fourth-order valence-electron chi connectivity index (χ4n) is 0.590. The molecule has 1 rings (SSSR count).